The quantitative estimate of drug-likeness (QED) is 0.581. The van der Waals surface area contributed by atoms with Crippen molar-refractivity contribution in [3.8, 4) is 11.8 Å². The van der Waals surface area contributed by atoms with Crippen LogP contribution in [0.3, 0.4) is 0 Å². The topological polar surface area (TPSA) is 73.3 Å². The molecule has 1 amide bonds. The summed E-state index contributed by atoms with van der Waals surface area (Å²) in [5.74, 6) is 0.441. The molecule has 6 nitrogen and oxygen atoms in total. The molecule has 0 bridgehead atoms. The highest BCUT2D eigenvalue weighted by Crippen LogP contribution is 2.40. The number of aromatic nitrogens is 2. The number of halogens is 2. The maximum atomic E-state index is 13.4. The molecule has 0 unspecified atom stereocenters. The fraction of sp³-hybridized carbons (Fsp3) is 0.227. The summed E-state index contributed by atoms with van der Waals surface area (Å²) < 4.78 is 11.1. The molecule has 0 radical (unpaired) electrons. The molecule has 0 aliphatic carbocycles. The number of amides is 1. The molecule has 3 aromatic rings. The van der Waals surface area contributed by atoms with Crippen LogP contribution in [0.25, 0.3) is 0 Å². The molecule has 0 saturated carbocycles. The minimum atomic E-state index is -0.785. The van der Waals surface area contributed by atoms with Crippen molar-refractivity contribution < 1.29 is 14.3 Å². The Morgan fingerprint density at radius 1 is 1.03 bits per heavy atom. The molecule has 154 valence electrons. The highest BCUT2D eigenvalue weighted by atomic mass is 35.5. The number of carbonyl (C=O) groups is 1. The SMILES string of the molecule is O=C(Nc1ccc(Oc2ncccn2)cc1)C1(c2ccc(Cl)cc2Cl)CCOCC1. The van der Waals surface area contributed by atoms with Gasteiger partial charge >= 0.3 is 6.01 Å². The Kier molecular flexibility index (Phi) is 6.18. The summed E-state index contributed by atoms with van der Waals surface area (Å²) in [5.41, 5.74) is 0.625. The first-order chi connectivity index (χ1) is 14.6. The van der Waals surface area contributed by atoms with Crippen LogP contribution >= 0.6 is 23.2 Å². The van der Waals surface area contributed by atoms with Gasteiger partial charge in [-0.25, -0.2) is 9.97 Å². The largest absolute Gasteiger partial charge is 0.424 e. The summed E-state index contributed by atoms with van der Waals surface area (Å²) in [5, 5.41) is 4.02. The van der Waals surface area contributed by atoms with E-state index in [1.165, 1.54) is 0 Å². The average molecular weight is 444 g/mol. The molecule has 0 atom stereocenters. The third kappa shape index (κ3) is 4.41. The van der Waals surface area contributed by atoms with E-state index in [0.29, 0.717) is 47.5 Å². The summed E-state index contributed by atoms with van der Waals surface area (Å²) >= 11 is 12.5. The zero-order valence-electron chi connectivity index (χ0n) is 16.0. The third-order valence-corrected chi connectivity index (χ3v) is 5.64. The van der Waals surface area contributed by atoms with E-state index >= 15 is 0 Å². The van der Waals surface area contributed by atoms with Gasteiger partial charge in [0.15, 0.2) is 0 Å². The van der Waals surface area contributed by atoms with Gasteiger partial charge in [-0.15, -0.1) is 0 Å². The Hall–Kier alpha value is -2.67. The van der Waals surface area contributed by atoms with Gasteiger partial charge in [-0.3, -0.25) is 4.79 Å². The van der Waals surface area contributed by atoms with Gasteiger partial charge in [0.1, 0.15) is 5.75 Å². The number of hydrogen-bond acceptors (Lipinski definition) is 5. The van der Waals surface area contributed by atoms with Crippen LogP contribution in [-0.4, -0.2) is 29.1 Å². The molecule has 4 rings (SSSR count). The van der Waals surface area contributed by atoms with Crippen LogP contribution in [0, 0.1) is 0 Å². The number of nitrogens with one attached hydrogen (secondary N) is 1. The van der Waals surface area contributed by atoms with E-state index in [0.717, 1.165) is 5.56 Å². The van der Waals surface area contributed by atoms with Gasteiger partial charge < -0.3 is 14.8 Å². The van der Waals surface area contributed by atoms with Crippen molar-refractivity contribution in [1.29, 1.82) is 0 Å². The van der Waals surface area contributed by atoms with Crippen LogP contribution < -0.4 is 10.1 Å². The number of anilines is 1. The van der Waals surface area contributed by atoms with Gasteiger partial charge in [-0.2, -0.15) is 0 Å². The maximum Gasteiger partial charge on any atom is 0.321 e. The van der Waals surface area contributed by atoms with Crippen LogP contribution in [-0.2, 0) is 14.9 Å². The minimum Gasteiger partial charge on any atom is -0.424 e. The molecule has 30 heavy (non-hydrogen) atoms. The fourth-order valence-corrected chi connectivity index (χ4v) is 4.11. The second-order valence-corrected chi connectivity index (χ2v) is 7.77. The predicted octanol–water partition coefficient (Wildman–Crippen LogP) is 5.26. The number of carbonyl (C=O) groups excluding carboxylic acids is 1. The molecule has 1 fully saturated rings. The molecule has 1 aliphatic rings. The van der Waals surface area contributed by atoms with Gasteiger partial charge in [-0.1, -0.05) is 29.3 Å². The van der Waals surface area contributed by atoms with Crippen molar-refractivity contribution in [2.75, 3.05) is 18.5 Å². The van der Waals surface area contributed by atoms with E-state index in [-0.39, 0.29) is 11.9 Å². The Balaban J connectivity index is 1.54. The van der Waals surface area contributed by atoms with E-state index in [2.05, 4.69) is 15.3 Å². The first-order valence-electron chi connectivity index (χ1n) is 9.46. The molecule has 2 aromatic carbocycles. The molecule has 8 heteroatoms. The van der Waals surface area contributed by atoms with Gasteiger partial charge in [0.2, 0.25) is 5.91 Å². The standard InChI is InChI=1S/C22H19Cl2N3O3/c23-15-2-7-18(19(24)14-15)22(8-12-29-13-9-22)20(28)27-16-3-5-17(6-4-16)30-21-25-10-1-11-26-21/h1-7,10-11,14H,8-9,12-13H2,(H,27,28). The number of rotatable bonds is 5. The van der Waals surface area contributed by atoms with Crippen LogP contribution in [0.5, 0.6) is 11.8 Å². The lowest BCUT2D eigenvalue weighted by atomic mass is 9.73. The van der Waals surface area contributed by atoms with E-state index in [1.54, 1.807) is 54.9 Å². The predicted molar refractivity (Wildman–Crippen MR) is 115 cm³/mol. The van der Waals surface area contributed by atoms with Gasteiger partial charge in [0.25, 0.3) is 0 Å². The normalized spacial score (nSPS) is 15.4. The van der Waals surface area contributed by atoms with Gasteiger partial charge in [-0.05, 0) is 60.9 Å². The lowest BCUT2D eigenvalue weighted by Gasteiger charge is -2.36. The second-order valence-electron chi connectivity index (χ2n) is 6.93. The van der Waals surface area contributed by atoms with Crippen LogP contribution in [0.4, 0.5) is 5.69 Å². The smallest absolute Gasteiger partial charge is 0.321 e. The molecule has 1 N–H and O–H groups in total. The Morgan fingerprint density at radius 2 is 1.73 bits per heavy atom. The van der Waals surface area contributed by atoms with E-state index < -0.39 is 5.41 Å². The van der Waals surface area contributed by atoms with E-state index in [4.69, 9.17) is 32.7 Å². The number of ether oxygens (including phenoxy) is 2. The molecular formula is C22H19Cl2N3O3. The highest BCUT2D eigenvalue weighted by Gasteiger charge is 2.43. The van der Waals surface area contributed by atoms with Crippen molar-refractivity contribution in [3.63, 3.8) is 0 Å². The van der Waals surface area contributed by atoms with E-state index in [9.17, 15) is 4.79 Å². The summed E-state index contributed by atoms with van der Waals surface area (Å²) in [6, 6.07) is 14.3. The molecule has 2 heterocycles. The lowest BCUT2D eigenvalue weighted by Crippen LogP contribution is -2.45. The van der Waals surface area contributed by atoms with E-state index in [1.807, 2.05) is 6.07 Å². The molecule has 0 spiro atoms. The average Bonchev–Trinajstić information content (AvgIpc) is 2.76. The molecule has 1 saturated heterocycles. The summed E-state index contributed by atoms with van der Waals surface area (Å²) in [7, 11) is 0. The molecular weight excluding hydrogens is 425 g/mol. The minimum absolute atomic E-state index is 0.130. The number of benzene rings is 2. The van der Waals surface area contributed by atoms with Crippen molar-refractivity contribution >= 4 is 34.8 Å². The van der Waals surface area contributed by atoms with Crippen molar-refractivity contribution in [2.45, 2.75) is 18.3 Å². The van der Waals surface area contributed by atoms with Crippen molar-refractivity contribution in [3.05, 3.63) is 76.5 Å². The zero-order valence-corrected chi connectivity index (χ0v) is 17.5. The summed E-state index contributed by atoms with van der Waals surface area (Å²) in [6.07, 6.45) is 4.28. The van der Waals surface area contributed by atoms with Gasteiger partial charge in [0, 0.05) is 41.3 Å². The molecule has 1 aromatic heterocycles. The van der Waals surface area contributed by atoms with Crippen LogP contribution in [0.15, 0.2) is 60.9 Å². The molecule has 1 aliphatic heterocycles. The van der Waals surface area contributed by atoms with Crippen molar-refractivity contribution in [1.82, 2.24) is 9.97 Å². The fourth-order valence-electron chi connectivity index (χ4n) is 3.52. The Bertz CT molecular complexity index is 1020. The second kappa shape index (κ2) is 9.00. The highest BCUT2D eigenvalue weighted by molar-refractivity contribution is 6.35. The van der Waals surface area contributed by atoms with Crippen LogP contribution in [0.1, 0.15) is 18.4 Å². The number of nitrogens with zero attached hydrogens (tertiary/aromatic N) is 2. The van der Waals surface area contributed by atoms with Gasteiger partial charge in [0.05, 0.1) is 5.41 Å². The summed E-state index contributed by atoms with van der Waals surface area (Å²) in [4.78, 5) is 21.4. The first-order valence-corrected chi connectivity index (χ1v) is 10.2. The van der Waals surface area contributed by atoms with Crippen LogP contribution in [0.2, 0.25) is 10.0 Å². The first kappa shape index (κ1) is 20.6. The Labute approximate surface area is 184 Å². The monoisotopic (exact) mass is 443 g/mol. The Morgan fingerprint density at radius 3 is 2.40 bits per heavy atom. The lowest BCUT2D eigenvalue weighted by molar-refractivity contribution is -0.125. The third-order valence-electron chi connectivity index (χ3n) is 5.09. The number of hydrogen-bond donors (Lipinski definition) is 1. The maximum absolute atomic E-state index is 13.4. The zero-order chi connectivity index (χ0) is 21.0. The summed E-state index contributed by atoms with van der Waals surface area (Å²) in [6.45, 7) is 0.965. The van der Waals surface area contributed by atoms with Crippen molar-refractivity contribution in [2.24, 2.45) is 0 Å².